The molecule has 4 amide bonds. The Bertz CT molecular complexity index is 1140. The van der Waals surface area contributed by atoms with Gasteiger partial charge < -0.3 is 9.84 Å². The number of fused-ring (bicyclic) bond motifs is 1. The van der Waals surface area contributed by atoms with Crippen molar-refractivity contribution in [2.75, 3.05) is 0 Å². The summed E-state index contributed by atoms with van der Waals surface area (Å²) in [5.74, 6) is -3.04. The molecule has 1 aromatic heterocycles. The van der Waals surface area contributed by atoms with Crippen LogP contribution in [0.4, 0.5) is 0 Å². The van der Waals surface area contributed by atoms with Gasteiger partial charge in [-0.2, -0.15) is 0 Å². The molecule has 1 aromatic carbocycles. The van der Waals surface area contributed by atoms with Crippen molar-refractivity contribution in [2.45, 2.75) is 51.3 Å². The lowest BCUT2D eigenvalue weighted by molar-refractivity contribution is -0.138. The maximum Gasteiger partial charge on any atom is 0.303 e. The van der Waals surface area contributed by atoms with Crippen LogP contribution in [0.15, 0.2) is 24.4 Å². The van der Waals surface area contributed by atoms with Gasteiger partial charge in [0.2, 0.25) is 11.8 Å². The van der Waals surface area contributed by atoms with Gasteiger partial charge in [-0.25, -0.2) is 0 Å². The molecule has 0 spiro atoms. The minimum atomic E-state index is -1.05. The second kappa shape index (κ2) is 9.18. The molecule has 0 aliphatic carbocycles. The van der Waals surface area contributed by atoms with Crippen molar-refractivity contribution in [1.82, 2.24) is 25.2 Å². The molecule has 1 unspecified atom stereocenters. The van der Waals surface area contributed by atoms with Crippen LogP contribution in [-0.4, -0.2) is 60.6 Å². The van der Waals surface area contributed by atoms with Crippen molar-refractivity contribution in [2.24, 2.45) is 0 Å². The number of benzene rings is 1. The third-order valence-electron chi connectivity index (χ3n) is 5.42. The van der Waals surface area contributed by atoms with Crippen LogP contribution in [0.3, 0.4) is 0 Å². The largest absolute Gasteiger partial charge is 0.486 e. The molecule has 172 valence electrons. The van der Waals surface area contributed by atoms with Crippen molar-refractivity contribution in [3.8, 4) is 5.75 Å². The Morgan fingerprint density at radius 1 is 1.18 bits per heavy atom. The summed E-state index contributed by atoms with van der Waals surface area (Å²) in [5.41, 5.74) is 0.683. The van der Waals surface area contributed by atoms with E-state index in [1.54, 1.807) is 23.0 Å². The first-order valence-corrected chi connectivity index (χ1v) is 10.4. The third kappa shape index (κ3) is 4.59. The van der Waals surface area contributed by atoms with Crippen molar-refractivity contribution in [3.63, 3.8) is 0 Å². The van der Waals surface area contributed by atoms with Crippen LogP contribution < -0.4 is 10.1 Å². The first-order valence-electron chi connectivity index (χ1n) is 10.4. The lowest BCUT2D eigenvalue weighted by Crippen LogP contribution is -2.54. The van der Waals surface area contributed by atoms with Crippen LogP contribution in [0.25, 0.3) is 0 Å². The summed E-state index contributed by atoms with van der Waals surface area (Å²) >= 11 is 0. The number of unbranched alkanes of at least 4 members (excludes halogenated alkanes) is 1. The monoisotopic (exact) mass is 455 g/mol. The maximum atomic E-state index is 13.1. The topological polar surface area (TPSA) is 161 Å². The zero-order chi connectivity index (χ0) is 23.5. The number of hydrogen-bond donors (Lipinski definition) is 2. The maximum absolute atomic E-state index is 13.1. The van der Waals surface area contributed by atoms with Gasteiger partial charge in [0, 0.05) is 19.4 Å². The van der Waals surface area contributed by atoms with E-state index in [4.69, 9.17) is 9.84 Å². The normalized spacial score (nSPS) is 17.8. The van der Waals surface area contributed by atoms with E-state index in [9.17, 15) is 24.0 Å². The van der Waals surface area contributed by atoms with E-state index in [2.05, 4.69) is 15.6 Å². The highest BCUT2D eigenvalue weighted by atomic mass is 16.5. The predicted molar refractivity (Wildman–Crippen MR) is 109 cm³/mol. The van der Waals surface area contributed by atoms with Crippen LogP contribution in [0.1, 0.15) is 58.5 Å². The van der Waals surface area contributed by atoms with Crippen LogP contribution in [0, 0.1) is 0 Å². The number of carboxylic acids is 1. The molecule has 0 saturated carbocycles. The zero-order valence-corrected chi connectivity index (χ0v) is 17.5. The second-order valence-electron chi connectivity index (χ2n) is 7.74. The number of aromatic nitrogens is 3. The molecule has 2 N–H and O–H groups in total. The van der Waals surface area contributed by atoms with Gasteiger partial charge in [0.05, 0.1) is 17.3 Å². The molecule has 33 heavy (non-hydrogen) atoms. The molecule has 12 nitrogen and oxygen atoms in total. The van der Waals surface area contributed by atoms with Crippen LogP contribution >= 0.6 is 0 Å². The number of hydrogen-bond acceptors (Lipinski definition) is 8. The molecule has 4 rings (SSSR count). The third-order valence-corrected chi connectivity index (χ3v) is 5.42. The highest BCUT2D eigenvalue weighted by Crippen LogP contribution is 2.33. The SMILES string of the molecule is O=C(O)CCCCn1cc(COc2cccc3c2C(=O)N(C2CCC(=O)NC2=O)C3=O)nn1. The van der Waals surface area contributed by atoms with Crippen molar-refractivity contribution in [1.29, 1.82) is 0 Å². The van der Waals surface area contributed by atoms with Crippen LogP contribution in [-0.2, 0) is 27.5 Å². The number of nitrogens with one attached hydrogen (secondary N) is 1. The number of piperidine rings is 1. The molecule has 1 saturated heterocycles. The minimum Gasteiger partial charge on any atom is -0.486 e. The fraction of sp³-hybridized carbons (Fsp3) is 0.381. The summed E-state index contributed by atoms with van der Waals surface area (Å²) in [6.45, 7) is 0.500. The standard InChI is InChI=1S/C21H21N5O7/c27-16-8-7-14(19(30)22-16)26-20(31)13-4-3-5-15(18(13)21(26)32)33-11-12-10-25(24-23-12)9-2-1-6-17(28)29/h3-5,10,14H,1-2,6-9,11H2,(H,28,29)(H,22,27,30). The van der Waals surface area contributed by atoms with E-state index in [1.807, 2.05) is 0 Å². The fourth-order valence-corrected chi connectivity index (χ4v) is 3.82. The summed E-state index contributed by atoms with van der Waals surface area (Å²) in [4.78, 5) is 61.0. The number of carbonyl (C=O) groups is 5. The summed E-state index contributed by atoms with van der Waals surface area (Å²) in [6.07, 6.45) is 3.02. The number of aryl methyl sites for hydroxylation is 1. The number of aliphatic carboxylic acids is 1. The minimum absolute atomic E-state index is 0.00847. The highest BCUT2D eigenvalue weighted by Gasteiger charge is 2.46. The number of amides is 4. The van der Waals surface area contributed by atoms with Gasteiger partial charge in [-0.3, -0.25) is 38.9 Å². The van der Waals surface area contributed by atoms with E-state index in [0.717, 1.165) is 4.90 Å². The Morgan fingerprint density at radius 2 is 2.00 bits per heavy atom. The molecule has 1 atom stereocenters. The van der Waals surface area contributed by atoms with Crippen molar-refractivity contribution < 1.29 is 33.8 Å². The number of imide groups is 2. The molecule has 2 aromatic rings. The molecule has 12 heteroatoms. The Balaban J connectivity index is 1.43. The van der Waals surface area contributed by atoms with Gasteiger partial charge in [-0.05, 0) is 31.4 Å². The molecule has 2 aliphatic rings. The Labute approximate surface area is 187 Å². The quantitative estimate of drug-likeness (QED) is 0.405. The van der Waals surface area contributed by atoms with E-state index < -0.39 is 35.6 Å². The number of ether oxygens (including phenoxy) is 1. The molecule has 3 heterocycles. The Morgan fingerprint density at radius 3 is 2.76 bits per heavy atom. The molecule has 2 aliphatic heterocycles. The van der Waals surface area contributed by atoms with Gasteiger partial charge in [-0.15, -0.1) is 5.10 Å². The first kappa shape index (κ1) is 22.1. The lowest BCUT2D eigenvalue weighted by Gasteiger charge is -2.27. The number of rotatable bonds is 9. The van der Waals surface area contributed by atoms with Gasteiger partial charge in [0.25, 0.3) is 11.8 Å². The molecular weight excluding hydrogens is 434 g/mol. The lowest BCUT2D eigenvalue weighted by atomic mass is 10.0. The average molecular weight is 455 g/mol. The van der Waals surface area contributed by atoms with Crippen LogP contribution in [0.2, 0.25) is 0 Å². The van der Waals surface area contributed by atoms with E-state index >= 15 is 0 Å². The average Bonchev–Trinajstić information content (AvgIpc) is 3.33. The number of carboxylic acid groups (broad SMARTS) is 1. The summed E-state index contributed by atoms with van der Waals surface area (Å²) < 4.78 is 7.33. The van der Waals surface area contributed by atoms with E-state index in [1.165, 1.54) is 6.07 Å². The first-order chi connectivity index (χ1) is 15.8. The van der Waals surface area contributed by atoms with Crippen molar-refractivity contribution >= 4 is 29.6 Å². The van der Waals surface area contributed by atoms with Gasteiger partial charge in [0.1, 0.15) is 24.1 Å². The summed E-state index contributed by atoms with van der Waals surface area (Å²) in [7, 11) is 0. The van der Waals surface area contributed by atoms with E-state index in [0.29, 0.717) is 25.1 Å². The molecule has 1 fully saturated rings. The molecular formula is C21H21N5O7. The summed E-state index contributed by atoms with van der Waals surface area (Å²) in [5, 5.41) is 18.8. The van der Waals surface area contributed by atoms with E-state index in [-0.39, 0.29) is 42.7 Å². The van der Waals surface area contributed by atoms with Gasteiger partial charge in [-0.1, -0.05) is 11.3 Å². The summed E-state index contributed by atoms with van der Waals surface area (Å²) in [6, 6.07) is 3.56. The molecule has 0 bridgehead atoms. The highest BCUT2D eigenvalue weighted by molar-refractivity contribution is 6.24. The predicted octanol–water partition coefficient (Wildman–Crippen LogP) is 0.513. The second-order valence-corrected chi connectivity index (χ2v) is 7.74. The smallest absolute Gasteiger partial charge is 0.303 e. The number of nitrogens with zero attached hydrogens (tertiary/aromatic N) is 4. The Hall–Kier alpha value is -4.09. The van der Waals surface area contributed by atoms with Crippen molar-refractivity contribution in [3.05, 3.63) is 41.2 Å². The van der Waals surface area contributed by atoms with Gasteiger partial charge in [0.15, 0.2) is 0 Å². The number of carbonyl (C=O) groups excluding carboxylic acids is 4. The van der Waals surface area contributed by atoms with Crippen LogP contribution in [0.5, 0.6) is 5.75 Å². The fourth-order valence-electron chi connectivity index (χ4n) is 3.82. The zero-order valence-electron chi connectivity index (χ0n) is 17.5. The molecule has 0 radical (unpaired) electrons. The Kier molecular flexibility index (Phi) is 6.16. The van der Waals surface area contributed by atoms with Gasteiger partial charge >= 0.3 is 5.97 Å².